The normalized spacial score (nSPS) is 19.4. The zero-order valence-electron chi connectivity index (χ0n) is 11.8. The highest BCUT2D eigenvalue weighted by molar-refractivity contribution is 5.88. The molecule has 0 bridgehead atoms. The molecule has 1 heterocycles. The molecule has 2 rings (SSSR count). The number of amides is 2. The first-order valence-electron chi connectivity index (χ1n) is 6.86. The van der Waals surface area contributed by atoms with Crippen LogP contribution in [0, 0.1) is 0 Å². The molecule has 2 amide bonds. The molecule has 5 heteroatoms. The van der Waals surface area contributed by atoms with Gasteiger partial charge in [0.1, 0.15) is 6.10 Å². The second-order valence-electron chi connectivity index (χ2n) is 5.04. The van der Waals surface area contributed by atoms with Crippen LogP contribution in [-0.2, 0) is 14.3 Å². The number of ether oxygens (including phenoxy) is 1. The van der Waals surface area contributed by atoms with E-state index in [0.717, 1.165) is 24.1 Å². The molecule has 2 N–H and O–H groups in total. The second-order valence-corrected chi connectivity index (χ2v) is 5.04. The van der Waals surface area contributed by atoms with Gasteiger partial charge in [-0.25, -0.2) is 0 Å². The Morgan fingerprint density at radius 1 is 1.40 bits per heavy atom. The lowest BCUT2D eigenvalue weighted by Gasteiger charge is -2.18. The molecular weight excluding hydrogens is 256 g/mol. The van der Waals surface area contributed by atoms with Crippen LogP contribution < -0.4 is 10.6 Å². The highest BCUT2D eigenvalue weighted by Gasteiger charge is 2.24. The number of carbonyl (C=O) groups is 2. The molecule has 1 aliphatic heterocycles. The summed E-state index contributed by atoms with van der Waals surface area (Å²) in [6.45, 7) is 4.04. The van der Waals surface area contributed by atoms with E-state index in [0.29, 0.717) is 6.61 Å². The highest BCUT2D eigenvalue weighted by atomic mass is 16.5. The molecule has 0 radical (unpaired) electrons. The van der Waals surface area contributed by atoms with Crippen LogP contribution in [0.4, 0.5) is 5.69 Å². The lowest BCUT2D eigenvalue weighted by molar-refractivity contribution is -0.130. The molecule has 0 saturated carbocycles. The molecule has 1 aromatic rings. The average molecular weight is 276 g/mol. The topological polar surface area (TPSA) is 67.4 Å². The van der Waals surface area contributed by atoms with E-state index in [1.165, 1.54) is 6.92 Å². The van der Waals surface area contributed by atoms with Crippen molar-refractivity contribution in [2.45, 2.75) is 38.8 Å². The van der Waals surface area contributed by atoms with Gasteiger partial charge in [-0.15, -0.1) is 0 Å². The first-order chi connectivity index (χ1) is 9.56. The van der Waals surface area contributed by atoms with Crippen molar-refractivity contribution in [2.24, 2.45) is 0 Å². The minimum atomic E-state index is -0.323. The van der Waals surface area contributed by atoms with Gasteiger partial charge in [-0.3, -0.25) is 9.59 Å². The van der Waals surface area contributed by atoms with Crippen molar-refractivity contribution in [3.8, 4) is 0 Å². The first kappa shape index (κ1) is 14.5. The molecule has 108 valence electrons. The van der Waals surface area contributed by atoms with Crippen LogP contribution in [0.1, 0.15) is 38.3 Å². The predicted octanol–water partition coefficient (Wildman–Crippen LogP) is 2.00. The summed E-state index contributed by atoms with van der Waals surface area (Å²) >= 11 is 0. The van der Waals surface area contributed by atoms with Crippen molar-refractivity contribution in [1.82, 2.24) is 5.32 Å². The minimum Gasteiger partial charge on any atom is -0.368 e. The van der Waals surface area contributed by atoms with Crippen molar-refractivity contribution < 1.29 is 14.3 Å². The molecule has 0 aromatic heterocycles. The molecule has 2 atom stereocenters. The second kappa shape index (κ2) is 6.52. The summed E-state index contributed by atoms with van der Waals surface area (Å²) in [6, 6.07) is 7.34. The van der Waals surface area contributed by atoms with E-state index in [1.54, 1.807) is 0 Å². The number of rotatable bonds is 4. The highest BCUT2D eigenvalue weighted by Crippen LogP contribution is 2.19. The van der Waals surface area contributed by atoms with Gasteiger partial charge in [0.15, 0.2) is 0 Å². The molecule has 1 aromatic carbocycles. The summed E-state index contributed by atoms with van der Waals surface area (Å²) in [5.74, 6) is -0.182. The Bertz CT molecular complexity index is 496. The van der Waals surface area contributed by atoms with Gasteiger partial charge in [0.25, 0.3) is 0 Å². The van der Waals surface area contributed by atoms with E-state index < -0.39 is 0 Å². The molecule has 1 aliphatic rings. The third kappa shape index (κ3) is 3.81. The predicted molar refractivity (Wildman–Crippen MR) is 76.3 cm³/mol. The van der Waals surface area contributed by atoms with Gasteiger partial charge < -0.3 is 15.4 Å². The van der Waals surface area contributed by atoms with E-state index in [1.807, 2.05) is 31.2 Å². The van der Waals surface area contributed by atoms with Crippen molar-refractivity contribution >= 4 is 17.5 Å². The van der Waals surface area contributed by atoms with Gasteiger partial charge in [-0.1, -0.05) is 12.1 Å². The van der Waals surface area contributed by atoms with Crippen LogP contribution in [0.5, 0.6) is 0 Å². The van der Waals surface area contributed by atoms with Crippen LogP contribution in [0.25, 0.3) is 0 Å². The molecule has 0 aliphatic carbocycles. The maximum atomic E-state index is 12.0. The Balaban J connectivity index is 1.99. The lowest BCUT2D eigenvalue weighted by Crippen LogP contribution is -2.35. The van der Waals surface area contributed by atoms with Crippen molar-refractivity contribution in [3.05, 3.63) is 29.8 Å². The van der Waals surface area contributed by atoms with Gasteiger partial charge in [-0.2, -0.15) is 0 Å². The maximum Gasteiger partial charge on any atom is 0.249 e. The zero-order chi connectivity index (χ0) is 14.5. The number of benzene rings is 1. The SMILES string of the molecule is CC(=O)Nc1cccc(C(C)NC(=O)C2CCCO2)c1. The molecule has 2 unspecified atom stereocenters. The smallest absolute Gasteiger partial charge is 0.249 e. The van der Waals surface area contributed by atoms with Crippen LogP contribution in [0.2, 0.25) is 0 Å². The summed E-state index contributed by atoms with van der Waals surface area (Å²) in [6.07, 6.45) is 1.39. The first-order valence-corrected chi connectivity index (χ1v) is 6.86. The fourth-order valence-corrected chi connectivity index (χ4v) is 2.26. The van der Waals surface area contributed by atoms with E-state index in [9.17, 15) is 9.59 Å². The molecule has 1 saturated heterocycles. The van der Waals surface area contributed by atoms with E-state index >= 15 is 0 Å². The zero-order valence-corrected chi connectivity index (χ0v) is 11.8. The Morgan fingerprint density at radius 2 is 2.20 bits per heavy atom. The molecular formula is C15H20N2O3. The van der Waals surface area contributed by atoms with Crippen LogP contribution in [0.15, 0.2) is 24.3 Å². The van der Waals surface area contributed by atoms with Crippen LogP contribution in [-0.4, -0.2) is 24.5 Å². The number of anilines is 1. The van der Waals surface area contributed by atoms with Crippen molar-refractivity contribution in [1.29, 1.82) is 0 Å². The van der Waals surface area contributed by atoms with Gasteiger partial charge >= 0.3 is 0 Å². The van der Waals surface area contributed by atoms with E-state index in [4.69, 9.17) is 4.74 Å². The Kier molecular flexibility index (Phi) is 4.74. The molecule has 0 spiro atoms. The summed E-state index contributed by atoms with van der Waals surface area (Å²) in [7, 11) is 0. The number of nitrogens with one attached hydrogen (secondary N) is 2. The van der Waals surface area contributed by atoms with Gasteiger partial charge in [0.2, 0.25) is 11.8 Å². The van der Waals surface area contributed by atoms with E-state index in [-0.39, 0.29) is 24.0 Å². The third-order valence-electron chi connectivity index (χ3n) is 3.29. The summed E-state index contributed by atoms with van der Waals surface area (Å²) < 4.78 is 5.36. The molecule has 20 heavy (non-hydrogen) atoms. The van der Waals surface area contributed by atoms with Gasteiger partial charge in [0.05, 0.1) is 6.04 Å². The maximum absolute atomic E-state index is 12.0. The Hall–Kier alpha value is -1.88. The quantitative estimate of drug-likeness (QED) is 0.884. The van der Waals surface area contributed by atoms with Gasteiger partial charge in [-0.05, 0) is 37.5 Å². The summed E-state index contributed by atoms with van der Waals surface area (Å²) in [5, 5.41) is 5.67. The van der Waals surface area contributed by atoms with Crippen LogP contribution in [0.3, 0.4) is 0 Å². The van der Waals surface area contributed by atoms with Crippen molar-refractivity contribution in [2.75, 3.05) is 11.9 Å². The lowest BCUT2D eigenvalue weighted by atomic mass is 10.1. The molecule has 1 fully saturated rings. The number of hydrogen-bond donors (Lipinski definition) is 2. The largest absolute Gasteiger partial charge is 0.368 e. The fourth-order valence-electron chi connectivity index (χ4n) is 2.26. The number of carbonyl (C=O) groups excluding carboxylic acids is 2. The summed E-state index contributed by atoms with van der Waals surface area (Å²) in [5.41, 5.74) is 1.68. The standard InChI is InChI=1S/C15H20N2O3/c1-10(16-15(19)14-7-4-8-20-14)12-5-3-6-13(9-12)17-11(2)18/h3,5-6,9-10,14H,4,7-8H2,1-2H3,(H,16,19)(H,17,18). The third-order valence-corrected chi connectivity index (χ3v) is 3.29. The van der Waals surface area contributed by atoms with E-state index in [2.05, 4.69) is 10.6 Å². The minimum absolute atomic E-state index is 0.0695. The molecule has 5 nitrogen and oxygen atoms in total. The summed E-state index contributed by atoms with van der Waals surface area (Å²) in [4.78, 5) is 23.0. The average Bonchev–Trinajstić information content (AvgIpc) is 2.92. The van der Waals surface area contributed by atoms with Crippen molar-refractivity contribution in [3.63, 3.8) is 0 Å². The van der Waals surface area contributed by atoms with Gasteiger partial charge in [0, 0.05) is 19.2 Å². The monoisotopic (exact) mass is 276 g/mol. The fraction of sp³-hybridized carbons (Fsp3) is 0.467. The Morgan fingerprint density at radius 3 is 2.85 bits per heavy atom. The number of hydrogen-bond acceptors (Lipinski definition) is 3. The Labute approximate surface area is 118 Å². The van der Waals surface area contributed by atoms with Crippen LogP contribution >= 0.6 is 0 Å².